The van der Waals surface area contributed by atoms with Gasteiger partial charge in [0.15, 0.2) is 5.96 Å². The zero-order chi connectivity index (χ0) is 21.5. The third-order valence-electron chi connectivity index (χ3n) is 6.01. The molecule has 3 aromatic rings. The minimum atomic E-state index is -0.799. The van der Waals surface area contributed by atoms with Crippen LogP contribution in [0.3, 0.4) is 0 Å². The highest BCUT2D eigenvalue weighted by molar-refractivity contribution is 6.02. The maximum absolute atomic E-state index is 13.3. The minimum Gasteiger partial charge on any atom is -0.346 e. The van der Waals surface area contributed by atoms with Crippen molar-refractivity contribution in [3.63, 3.8) is 0 Å². The van der Waals surface area contributed by atoms with Crippen LogP contribution in [0.5, 0.6) is 0 Å². The summed E-state index contributed by atoms with van der Waals surface area (Å²) in [6, 6.07) is 18.1. The Kier molecular flexibility index (Phi) is 4.94. The number of benzene rings is 2. The van der Waals surface area contributed by atoms with E-state index in [0.29, 0.717) is 5.92 Å². The lowest BCUT2D eigenvalue weighted by Gasteiger charge is -2.45. The van der Waals surface area contributed by atoms with E-state index in [1.807, 2.05) is 55.6 Å². The first-order valence-electron chi connectivity index (χ1n) is 10.2. The van der Waals surface area contributed by atoms with Crippen molar-refractivity contribution in [3.8, 4) is 5.69 Å². The second kappa shape index (κ2) is 7.44. The smallest absolute Gasteiger partial charge is 0.239 e. The molecule has 1 amide bonds. The Bertz CT molecular complexity index is 1070. The number of nitrogens with one attached hydrogen (secondary N) is 2. The summed E-state index contributed by atoms with van der Waals surface area (Å²) in [5.74, 6) is -0.0761. The summed E-state index contributed by atoms with van der Waals surface area (Å²) in [6.07, 6.45) is 3.71. The summed E-state index contributed by atoms with van der Waals surface area (Å²) in [7, 11) is 1.64. The lowest BCUT2D eigenvalue weighted by Crippen LogP contribution is -2.62. The van der Waals surface area contributed by atoms with Crippen LogP contribution in [0.2, 0.25) is 0 Å². The number of para-hydroxylation sites is 1. The van der Waals surface area contributed by atoms with E-state index in [-0.39, 0.29) is 11.9 Å². The largest absolute Gasteiger partial charge is 0.346 e. The first kappa shape index (κ1) is 19.9. The number of nitrogens with zero attached hydrogens (tertiary/aromatic N) is 3. The third-order valence-corrected chi connectivity index (χ3v) is 6.01. The van der Waals surface area contributed by atoms with Crippen LogP contribution in [0.1, 0.15) is 49.3 Å². The van der Waals surface area contributed by atoms with Crippen LogP contribution < -0.4 is 5.32 Å². The highest BCUT2D eigenvalue weighted by atomic mass is 16.2. The third kappa shape index (κ3) is 3.28. The number of carbonyl (C=O) groups excluding carboxylic acids is 1. The summed E-state index contributed by atoms with van der Waals surface area (Å²) >= 11 is 0. The first-order valence-corrected chi connectivity index (χ1v) is 10.2. The normalized spacial score (nSPS) is 21.8. The molecule has 1 aliphatic heterocycles. The van der Waals surface area contributed by atoms with Gasteiger partial charge in [-0.25, -0.2) is 4.68 Å². The van der Waals surface area contributed by atoms with E-state index in [4.69, 9.17) is 5.41 Å². The highest BCUT2D eigenvalue weighted by Gasteiger charge is 2.49. The average molecular weight is 402 g/mol. The fourth-order valence-electron chi connectivity index (χ4n) is 4.05. The second-order valence-corrected chi connectivity index (χ2v) is 8.34. The van der Waals surface area contributed by atoms with Crippen molar-refractivity contribution < 1.29 is 4.79 Å². The number of rotatable bonds is 4. The van der Waals surface area contributed by atoms with Crippen LogP contribution in [0, 0.1) is 5.41 Å². The molecule has 0 saturated carbocycles. The Hall–Kier alpha value is -3.41. The van der Waals surface area contributed by atoms with E-state index in [2.05, 4.69) is 36.4 Å². The molecule has 1 aliphatic rings. The van der Waals surface area contributed by atoms with Crippen LogP contribution in [-0.4, -0.2) is 33.6 Å². The van der Waals surface area contributed by atoms with Crippen LogP contribution in [0.15, 0.2) is 67.0 Å². The van der Waals surface area contributed by atoms with Crippen LogP contribution in [-0.2, 0) is 10.3 Å². The van der Waals surface area contributed by atoms with Gasteiger partial charge in [0.25, 0.3) is 0 Å². The molecule has 1 fully saturated rings. The molecule has 2 heterocycles. The van der Waals surface area contributed by atoms with Crippen LogP contribution >= 0.6 is 0 Å². The van der Waals surface area contributed by atoms with Gasteiger partial charge < -0.3 is 5.32 Å². The molecule has 2 atom stereocenters. The zero-order valence-corrected chi connectivity index (χ0v) is 17.8. The number of hydrogen-bond acceptors (Lipinski definition) is 3. The lowest BCUT2D eigenvalue weighted by atomic mass is 9.74. The molecule has 4 rings (SSSR count). The maximum Gasteiger partial charge on any atom is 0.239 e. The molecule has 0 spiro atoms. The summed E-state index contributed by atoms with van der Waals surface area (Å²) in [6.45, 7) is 6.28. The monoisotopic (exact) mass is 401 g/mol. The van der Waals surface area contributed by atoms with Gasteiger partial charge in [-0.1, -0.05) is 56.3 Å². The number of hydrogen-bond donors (Lipinski definition) is 2. The molecule has 2 N–H and O–H groups in total. The minimum absolute atomic E-state index is 0.0880. The molecular formula is C24H27N5O. The van der Waals surface area contributed by atoms with E-state index in [1.54, 1.807) is 17.9 Å². The second-order valence-electron chi connectivity index (χ2n) is 8.34. The molecule has 2 aromatic carbocycles. The number of likely N-dealkylation sites (N-methyl/N-ethyl adjacent to an activating group) is 1. The standard InChI is InChI=1S/C24H27N5O/c1-16(2)17-10-12-18(13-11-17)21-22(30)28(4)23(25)27-24(21,3)19-14-26-29(15-19)20-8-6-5-7-9-20/h5-16,21H,1-4H3,(H2,25,27)/t21-,24+/m0/s1. The van der Waals surface area contributed by atoms with E-state index in [1.165, 1.54) is 10.5 Å². The average Bonchev–Trinajstić information content (AvgIpc) is 3.24. The van der Waals surface area contributed by atoms with Crippen molar-refractivity contribution in [3.05, 3.63) is 83.7 Å². The van der Waals surface area contributed by atoms with E-state index < -0.39 is 11.5 Å². The van der Waals surface area contributed by atoms with Crippen molar-refractivity contribution in [2.45, 2.75) is 38.1 Å². The van der Waals surface area contributed by atoms with Crippen molar-refractivity contribution in [2.24, 2.45) is 0 Å². The molecule has 1 aromatic heterocycles. The van der Waals surface area contributed by atoms with Gasteiger partial charge in [0.1, 0.15) is 0 Å². The molecule has 0 bridgehead atoms. The molecule has 0 unspecified atom stereocenters. The summed E-state index contributed by atoms with van der Waals surface area (Å²) < 4.78 is 1.80. The predicted molar refractivity (Wildman–Crippen MR) is 118 cm³/mol. The van der Waals surface area contributed by atoms with Gasteiger partial charge in [-0.15, -0.1) is 0 Å². The first-order chi connectivity index (χ1) is 14.3. The van der Waals surface area contributed by atoms with Crippen LogP contribution in [0.4, 0.5) is 0 Å². The Morgan fingerprint density at radius 1 is 1.10 bits per heavy atom. The highest BCUT2D eigenvalue weighted by Crippen LogP contribution is 2.41. The predicted octanol–water partition coefficient (Wildman–Crippen LogP) is 3.99. The molecule has 6 nitrogen and oxygen atoms in total. The lowest BCUT2D eigenvalue weighted by molar-refractivity contribution is -0.131. The van der Waals surface area contributed by atoms with Gasteiger partial charge in [-0.3, -0.25) is 15.1 Å². The topological polar surface area (TPSA) is 74.0 Å². The molecule has 0 radical (unpaired) electrons. The number of carbonyl (C=O) groups is 1. The number of guanidine groups is 1. The zero-order valence-electron chi connectivity index (χ0n) is 17.8. The van der Waals surface area contributed by atoms with Crippen molar-refractivity contribution in [2.75, 3.05) is 7.05 Å². The van der Waals surface area contributed by atoms with Gasteiger partial charge in [0.05, 0.1) is 23.3 Å². The number of amides is 1. The Balaban J connectivity index is 1.79. The van der Waals surface area contributed by atoms with Gasteiger partial charge in [0.2, 0.25) is 5.91 Å². The van der Waals surface area contributed by atoms with Gasteiger partial charge in [0, 0.05) is 18.8 Å². The van der Waals surface area contributed by atoms with Crippen LogP contribution in [0.25, 0.3) is 5.69 Å². The van der Waals surface area contributed by atoms with E-state index >= 15 is 0 Å². The Labute approximate surface area is 177 Å². The Morgan fingerprint density at radius 2 is 1.77 bits per heavy atom. The molecule has 30 heavy (non-hydrogen) atoms. The van der Waals surface area contributed by atoms with Crippen molar-refractivity contribution >= 4 is 11.9 Å². The molecule has 6 heteroatoms. The molecule has 154 valence electrons. The maximum atomic E-state index is 13.3. The molecule has 0 aliphatic carbocycles. The summed E-state index contributed by atoms with van der Waals surface area (Å²) in [4.78, 5) is 14.7. The fourth-order valence-corrected chi connectivity index (χ4v) is 4.05. The molecule has 1 saturated heterocycles. The quantitative estimate of drug-likeness (QED) is 0.694. The summed E-state index contributed by atoms with van der Waals surface area (Å²) in [5.41, 5.74) is 3.16. The van der Waals surface area contributed by atoms with Gasteiger partial charge in [-0.2, -0.15) is 5.10 Å². The Morgan fingerprint density at radius 3 is 2.40 bits per heavy atom. The van der Waals surface area contributed by atoms with Gasteiger partial charge >= 0.3 is 0 Å². The van der Waals surface area contributed by atoms with E-state index in [0.717, 1.165) is 16.8 Å². The molecular weight excluding hydrogens is 374 g/mol. The van der Waals surface area contributed by atoms with Gasteiger partial charge in [-0.05, 0) is 36.1 Å². The number of aromatic nitrogens is 2. The summed E-state index contributed by atoms with van der Waals surface area (Å²) in [5, 5.41) is 16.1. The fraction of sp³-hybridized carbons (Fsp3) is 0.292. The van der Waals surface area contributed by atoms with Crippen molar-refractivity contribution in [1.82, 2.24) is 20.0 Å². The SMILES string of the molecule is CC(C)c1ccc([C@H]2C(=O)N(C)C(=N)N[C@]2(C)c2cnn(-c3ccccc3)c2)cc1. The van der Waals surface area contributed by atoms with E-state index in [9.17, 15) is 4.79 Å². The van der Waals surface area contributed by atoms with Crippen molar-refractivity contribution in [1.29, 1.82) is 5.41 Å².